The van der Waals surface area contributed by atoms with Crippen LogP contribution in [0.15, 0.2) is 18.2 Å². The van der Waals surface area contributed by atoms with Crippen LogP contribution in [-0.4, -0.2) is 17.5 Å². The van der Waals surface area contributed by atoms with Gasteiger partial charge in [-0.05, 0) is 49.8 Å². The minimum Gasteiger partial charge on any atom is -0.314 e. The molecule has 2 atom stereocenters. The molecule has 4 nitrogen and oxygen atoms in total. The summed E-state index contributed by atoms with van der Waals surface area (Å²) >= 11 is 0. The largest absolute Gasteiger partial charge is 0.314 e. The van der Waals surface area contributed by atoms with E-state index in [2.05, 4.69) is 12.2 Å². The van der Waals surface area contributed by atoms with Crippen molar-refractivity contribution in [1.29, 1.82) is 0 Å². The lowest BCUT2D eigenvalue weighted by Gasteiger charge is -2.21. The molecule has 0 spiro atoms. The number of nitrogens with zero attached hydrogens (tertiary/aromatic N) is 1. The molecule has 0 bridgehead atoms. The third-order valence-electron chi connectivity index (χ3n) is 4.02. The number of hydrogen-bond acceptors (Lipinski definition) is 3. The van der Waals surface area contributed by atoms with E-state index in [1.54, 1.807) is 6.07 Å². The zero-order valence-corrected chi connectivity index (χ0v) is 11.8. The van der Waals surface area contributed by atoms with Gasteiger partial charge < -0.3 is 5.32 Å². The number of nitrogens with one attached hydrogen (secondary N) is 1. The van der Waals surface area contributed by atoms with Gasteiger partial charge in [0, 0.05) is 12.1 Å². The molecular formula is C15H21FN2O2. The van der Waals surface area contributed by atoms with Crippen LogP contribution in [0, 0.1) is 21.8 Å². The molecule has 2 unspecified atom stereocenters. The lowest BCUT2D eigenvalue weighted by molar-refractivity contribution is -0.387. The van der Waals surface area contributed by atoms with Crippen molar-refractivity contribution in [2.75, 3.05) is 6.54 Å². The second kappa shape index (κ2) is 6.79. The Morgan fingerprint density at radius 3 is 2.90 bits per heavy atom. The SMILES string of the molecule is CCCNC1CCCC1Cc1ccc([N+](=O)[O-])c(F)c1. The first-order chi connectivity index (χ1) is 9.61. The first-order valence-corrected chi connectivity index (χ1v) is 7.28. The van der Waals surface area contributed by atoms with Gasteiger partial charge in [0.15, 0.2) is 0 Å². The van der Waals surface area contributed by atoms with Crippen LogP contribution in [0.3, 0.4) is 0 Å². The summed E-state index contributed by atoms with van der Waals surface area (Å²) in [5.41, 5.74) is 0.407. The van der Waals surface area contributed by atoms with Gasteiger partial charge in [-0.15, -0.1) is 0 Å². The molecule has 1 aromatic carbocycles. The molecule has 0 aliphatic heterocycles. The molecule has 1 saturated carbocycles. The van der Waals surface area contributed by atoms with E-state index in [0.717, 1.165) is 31.4 Å². The molecule has 0 aromatic heterocycles. The van der Waals surface area contributed by atoms with Gasteiger partial charge in [0.2, 0.25) is 5.82 Å². The van der Waals surface area contributed by atoms with Gasteiger partial charge in [-0.2, -0.15) is 4.39 Å². The van der Waals surface area contributed by atoms with Crippen LogP contribution in [-0.2, 0) is 6.42 Å². The van der Waals surface area contributed by atoms with Crippen molar-refractivity contribution in [3.8, 4) is 0 Å². The maximum atomic E-state index is 13.6. The number of nitro benzene ring substituents is 1. The first kappa shape index (κ1) is 14.9. The zero-order valence-electron chi connectivity index (χ0n) is 11.8. The van der Waals surface area contributed by atoms with E-state index in [4.69, 9.17) is 0 Å². The summed E-state index contributed by atoms with van der Waals surface area (Å²) in [4.78, 5) is 9.92. The van der Waals surface area contributed by atoms with Gasteiger partial charge in [0.25, 0.3) is 0 Å². The van der Waals surface area contributed by atoms with Crippen molar-refractivity contribution < 1.29 is 9.31 Å². The molecule has 0 radical (unpaired) electrons. The molecule has 1 aliphatic carbocycles. The summed E-state index contributed by atoms with van der Waals surface area (Å²) in [5.74, 6) is -0.231. The number of nitro groups is 1. The number of halogens is 1. The summed E-state index contributed by atoms with van der Waals surface area (Å²) in [6, 6.07) is 4.76. The zero-order chi connectivity index (χ0) is 14.5. The monoisotopic (exact) mass is 280 g/mol. The highest BCUT2D eigenvalue weighted by atomic mass is 19.1. The van der Waals surface area contributed by atoms with Gasteiger partial charge in [0.05, 0.1) is 4.92 Å². The van der Waals surface area contributed by atoms with Crippen LogP contribution >= 0.6 is 0 Å². The average molecular weight is 280 g/mol. The summed E-state index contributed by atoms with van der Waals surface area (Å²) in [5, 5.41) is 14.1. The third kappa shape index (κ3) is 3.54. The molecule has 0 saturated heterocycles. The van der Waals surface area contributed by atoms with Crippen LogP contribution in [0.4, 0.5) is 10.1 Å². The van der Waals surface area contributed by atoms with Crippen molar-refractivity contribution in [1.82, 2.24) is 5.32 Å². The van der Waals surface area contributed by atoms with Gasteiger partial charge in [0.1, 0.15) is 0 Å². The summed E-state index contributed by atoms with van der Waals surface area (Å²) in [6.07, 6.45) is 5.40. The van der Waals surface area contributed by atoms with E-state index >= 15 is 0 Å². The van der Waals surface area contributed by atoms with Crippen LogP contribution in [0.25, 0.3) is 0 Å². The van der Waals surface area contributed by atoms with Crippen LogP contribution in [0.5, 0.6) is 0 Å². The van der Waals surface area contributed by atoms with E-state index in [0.29, 0.717) is 12.0 Å². The summed E-state index contributed by atoms with van der Waals surface area (Å²) < 4.78 is 13.6. The standard InChI is InChI=1S/C15H21FN2O2/c1-2-8-17-14-5-3-4-12(14)9-11-6-7-15(18(19)20)13(16)10-11/h6-7,10,12,14,17H,2-5,8-9H2,1H3. The molecule has 20 heavy (non-hydrogen) atoms. The van der Waals surface area contributed by atoms with Crippen molar-refractivity contribution in [3.05, 3.63) is 39.7 Å². The number of benzene rings is 1. The Kier molecular flexibility index (Phi) is 5.06. The maximum absolute atomic E-state index is 13.6. The Hall–Kier alpha value is -1.49. The smallest absolute Gasteiger partial charge is 0.304 e. The third-order valence-corrected chi connectivity index (χ3v) is 4.02. The van der Waals surface area contributed by atoms with Gasteiger partial charge in [-0.1, -0.05) is 19.4 Å². The number of rotatable bonds is 6. The Morgan fingerprint density at radius 2 is 2.25 bits per heavy atom. The molecule has 0 heterocycles. The van der Waals surface area contributed by atoms with E-state index in [-0.39, 0.29) is 0 Å². The number of hydrogen-bond donors (Lipinski definition) is 1. The van der Waals surface area contributed by atoms with Gasteiger partial charge >= 0.3 is 5.69 Å². The maximum Gasteiger partial charge on any atom is 0.304 e. The van der Waals surface area contributed by atoms with E-state index < -0.39 is 16.4 Å². The van der Waals surface area contributed by atoms with Crippen LogP contribution in [0.1, 0.15) is 38.2 Å². The van der Waals surface area contributed by atoms with Crippen LogP contribution < -0.4 is 5.32 Å². The lowest BCUT2D eigenvalue weighted by atomic mass is 9.94. The Balaban J connectivity index is 2.02. The van der Waals surface area contributed by atoms with Crippen molar-refractivity contribution in [3.63, 3.8) is 0 Å². The molecule has 1 aliphatic rings. The highest BCUT2D eigenvalue weighted by Crippen LogP contribution is 2.30. The fourth-order valence-corrected chi connectivity index (χ4v) is 3.01. The predicted molar refractivity (Wildman–Crippen MR) is 76.2 cm³/mol. The molecule has 5 heteroatoms. The molecule has 110 valence electrons. The second-order valence-electron chi connectivity index (χ2n) is 5.50. The Morgan fingerprint density at radius 1 is 1.45 bits per heavy atom. The topological polar surface area (TPSA) is 55.2 Å². The Bertz CT molecular complexity index is 479. The molecule has 1 N–H and O–H groups in total. The minimum atomic E-state index is -0.733. The normalized spacial score (nSPS) is 22.1. The molecule has 2 rings (SSSR count). The van der Waals surface area contributed by atoms with Gasteiger partial charge in [-0.3, -0.25) is 10.1 Å². The van der Waals surface area contributed by atoms with Crippen molar-refractivity contribution >= 4 is 5.69 Å². The summed E-state index contributed by atoms with van der Waals surface area (Å²) in [6.45, 7) is 3.15. The molecule has 1 aromatic rings. The quantitative estimate of drug-likeness (QED) is 0.641. The highest BCUT2D eigenvalue weighted by Gasteiger charge is 2.27. The lowest BCUT2D eigenvalue weighted by Crippen LogP contribution is -2.33. The summed E-state index contributed by atoms with van der Waals surface area (Å²) in [7, 11) is 0. The molecular weight excluding hydrogens is 259 g/mol. The van der Waals surface area contributed by atoms with Crippen molar-refractivity contribution in [2.24, 2.45) is 5.92 Å². The minimum absolute atomic E-state index is 0.444. The predicted octanol–water partition coefficient (Wildman–Crippen LogP) is 3.44. The van der Waals surface area contributed by atoms with Gasteiger partial charge in [-0.25, -0.2) is 0 Å². The average Bonchev–Trinajstić information content (AvgIpc) is 2.83. The second-order valence-corrected chi connectivity index (χ2v) is 5.50. The van der Waals surface area contributed by atoms with E-state index in [1.165, 1.54) is 25.0 Å². The highest BCUT2D eigenvalue weighted by molar-refractivity contribution is 5.35. The molecule has 0 amide bonds. The van der Waals surface area contributed by atoms with Crippen molar-refractivity contribution in [2.45, 2.75) is 45.1 Å². The fraction of sp³-hybridized carbons (Fsp3) is 0.600. The van der Waals surface area contributed by atoms with E-state index in [9.17, 15) is 14.5 Å². The molecule has 1 fully saturated rings. The van der Waals surface area contributed by atoms with E-state index in [1.807, 2.05) is 0 Å². The fourth-order valence-electron chi connectivity index (χ4n) is 3.01. The van der Waals surface area contributed by atoms with Crippen LogP contribution in [0.2, 0.25) is 0 Å². The first-order valence-electron chi connectivity index (χ1n) is 7.28. The Labute approximate surface area is 118 Å².